The zero-order valence-electron chi connectivity index (χ0n) is 13.4. The smallest absolute Gasteiger partial charge is 0.328 e. The van der Waals surface area contributed by atoms with Gasteiger partial charge in [0.15, 0.2) is 0 Å². The molecular formula is C17H22F3N3. The van der Waals surface area contributed by atoms with Crippen LogP contribution in [0.3, 0.4) is 0 Å². The third-order valence-corrected chi connectivity index (χ3v) is 4.32. The fourth-order valence-corrected chi connectivity index (χ4v) is 3.34. The van der Waals surface area contributed by atoms with Gasteiger partial charge in [0.1, 0.15) is 5.69 Å². The monoisotopic (exact) mass is 325 g/mol. The molecule has 1 aliphatic rings. The molecule has 0 aliphatic heterocycles. The van der Waals surface area contributed by atoms with Crippen LogP contribution in [0.5, 0.6) is 0 Å². The molecule has 0 aromatic carbocycles. The van der Waals surface area contributed by atoms with Gasteiger partial charge in [-0.25, -0.2) is 0 Å². The third-order valence-electron chi connectivity index (χ3n) is 4.32. The SMILES string of the molecule is C=C(c1nccnc1/C(=C\C)C(F)(F)F)[C@H]1C[C@H](C)C[C@H](N)C1. The molecule has 23 heavy (non-hydrogen) atoms. The van der Waals surface area contributed by atoms with Crippen LogP contribution in [-0.4, -0.2) is 22.2 Å². The van der Waals surface area contributed by atoms with Crippen molar-refractivity contribution in [2.45, 2.75) is 45.3 Å². The van der Waals surface area contributed by atoms with Crippen molar-refractivity contribution in [3.8, 4) is 0 Å². The van der Waals surface area contributed by atoms with Crippen molar-refractivity contribution in [2.24, 2.45) is 17.6 Å². The zero-order valence-corrected chi connectivity index (χ0v) is 13.4. The summed E-state index contributed by atoms with van der Waals surface area (Å²) < 4.78 is 39.7. The normalized spacial score (nSPS) is 26.2. The molecule has 2 N–H and O–H groups in total. The van der Waals surface area contributed by atoms with Crippen LogP contribution in [0.1, 0.15) is 44.5 Å². The lowest BCUT2D eigenvalue weighted by molar-refractivity contribution is -0.0692. The molecule has 1 aliphatic carbocycles. The van der Waals surface area contributed by atoms with E-state index < -0.39 is 11.7 Å². The van der Waals surface area contributed by atoms with Crippen molar-refractivity contribution in [3.63, 3.8) is 0 Å². The lowest BCUT2D eigenvalue weighted by Crippen LogP contribution is -2.32. The van der Waals surface area contributed by atoms with Crippen LogP contribution in [0.2, 0.25) is 0 Å². The summed E-state index contributed by atoms with van der Waals surface area (Å²) in [6.45, 7) is 7.48. The van der Waals surface area contributed by atoms with Gasteiger partial charge in [0.25, 0.3) is 0 Å². The molecule has 0 spiro atoms. The minimum absolute atomic E-state index is 0.0375. The molecule has 1 saturated carbocycles. The average molecular weight is 325 g/mol. The fourth-order valence-electron chi connectivity index (χ4n) is 3.34. The lowest BCUT2D eigenvalue weighted by Gasteiger charge is -2.32. The van der Waals surface area contributed by atoms with Gasteiger partial charge in [-0.15, -0.1) is 0 Å². The number of rotatable bonds is 3. The molecule has 1 heterocycles. The summed E-state index contributed by atoms with van der Waals surface area (Å²) in [5.41, 5.74) is 5.94. The number of allylic oxidation sites excluding steroid dienone is 3. The molecule has 1 aromatic heterocycles. The van der Waals surface area contributed by atoms with Crippen LogP contribution in [0.15, 0.2) is 25.0 Å². The van der Waals surface area contributed by atoms with Crippen LogP contribution >= 0.6 is 0 Å². The summed E-state index contributed by atoms with van der Waals surface area (Å²) in [4.78, 5) is 8.07. The topological polar surface area (TPSA) is 51.8 Å². The average Bonchev–Trinajstić information content (AvgIpc) is 2.45. The molecule has 3 nitrogen and oxygen atoms in total. The lowest BCUT2D eigenvalue weighted by atomic mass is 9.75. The number of hydrogen-bond acceptors (Lipinski definition) is 3. The highest BCUT2D eigenvalue weighted by atomic mass is 19.4. The van der Waals surface area contributed by atoms with Crippen molar-refractivity contribution in [1.29, 1.82) is 0 Å². The van der Waals surface area contributed by atoms with Crippen LogP contribution in [-0.2, 0) is 0 Å². The minimum atomic E-state index is -4.48. The molecular weight excluding hydrogens is 303 g/mol. The Morgan fingerprint density at radius 2 is 1.83 bits per heavy atom. The van der Waals surface area contributed by atoms with Gasteiger partial charge in [-0.3, -0.25) is 9.97 Å². The molecule has 6 heteroatoms. The van der Waals surface area contributed by atoms with Crippen LogP contribution in [0, 0.1) is 11.8 Å². The van der Waals surface area contributed by atoms with Crippen molar-refractivity contribution < 1.29 is 13.2 Å². The Labute approximate surface area is 134 Å². The summed E-state index contributed by atoms with van der Waals surface area (Å²) in [5.74, 6) is 0.458. The largest absolute Gasteiger partial charge is 0.418 e. The molecule has 126 valence electrons. The van der Waals surface area contributed by atoms with E-state index in [1.807, 2.05) is 0 Å². The molecule has 0 unspecified atom stereocenters. The molecule has 0 saturated heterocycles. The van der Waals surface area contributed by atoms with Crippen molar-refractivity contribution in [1.82, 2.24) is 9.97 Å². The van der Waals surface area contributed by atoms with Gasteiger partial charge in [-0.2, -0.15) is 13.2 Å². The number of nitrogens with zero attached hydrogens (tertiary/aromatic N) is 2. The highest BCUT2D eigenvalue weighted by Gasteiger charge is 2.37. The van der Waals surface area contributed by atoms with E-state index in [2.05, 4.69) is 23.5 Å². The first-order chi connectivity index (χ1) is 10.7. The van der Waals surface area contributed by atoms with Crippen molar-refractivity contribution in [3.05, 3.63) is 36.4 Å². The van der Waals surface area contributed by atoms with Crippen LogP contribution in [0.4, 0.5) is 13.2 Å². The number of halogens is 3. The van der Waals surface area contributed by atoms with Crippen LogP contribution < -0.4 is 5.73 Å². The summed E-state index contributed by atoms with van der Waals surface area (Å²) >= 11 is 0. The first kappa shape index (κ1) is 17.7. The second-order valence-electron chi connectivity index (χ2n) is 6.25. The summed E-state index contributed by atoms with van der Waals surface area (Å²) in [7, 11) is 0. The first-order valence-electron chi connectivity index (χ1n) is 7.73. The number of hydrogen-bond donors (Lipinski definition) is 1. The predicted octanol–water partition coefficient (Wildman–Crippen LogP) is 4.22. The van der Waals surface area contributed by atoms with E-state index in [4.69, 9.17) is 5.73 Å². The fraction of sp³-hybridized carbons (Fsp3) is 0.529. The van der Waals surface area contributed by atoms with Crippen molar-refractivity contribution >= 4 is 11.1 Å². The van der Waals surface area contributed by atoms with Crippen molar-refractivity contribution in [2.75, 3.05) is 0 Å². The van der Waals surface area contributed by atoms with E-state index in [0.717, 1.165) is 25.3 Å². The van der Waals surface area contributed by atoms with E-state index in [-0.39, 0.29) is 23.3 Å². The Morgan fingerprint density at radius 3 is 2.35 bits per heavy atom. The second kappa shape index (κ2) is 6.83. The molecule has 1 aromatic rings. The van der Waals surface area contributed by atoms with Crippen LogP contribution in [0.25, 0.3) is 11.1 Å². The predicted molar refractivity (Wildman–Crippen MR) is 85.3 cm³/mol. The summed E-state index contributed by atoms with van der Waals surface area (Å²) in [6.07, 6.45) is 1.73. The number of aromatic nitrogens is 2. The Bertz CT molecular complexity index is 597. The maximum absolute atomic E-state index is 13.2. The Morgan fingerprint density at radius 1 is 1.22 bits per heavy atom. The molecule has 1 fully saturated rings. The summed E-state index contributed by atoms with van der Waals surface area (Å²) in [6, 6.07) is 0.0458. The van der Waals surface area contributed by atoms with Gasteiger partial charge < -0.3 is 5.73 Å². The molecule has 0 bridgehead atoms. The maximum Gasteiger partial charge on any atom is 0.418 e. The number of alkyl halides is 3. The van der Waals surface area contributed by atoms with E-state index in [1.54, 1.807) is 0 Å². The zero-order chi connectivity index (χ0) is 17.2. The van der Waals surface area contributed by atoms with E-state index in [0.29, 0.717) is 11.5 Å². The van der Waals surface area contributed by atoms with Gasteiger partial charge >= 0.3 is 6.18 Å². The number of nitrogens with two attached hydrogens (primary N) is 1. The van der Waals surface area contributed by atoms with Gasteiger partial charge in [0.2, 0.25) is 0 Å². The maximum atomic E-state index is 13.2. The highest BCUT2D eigenvalue weighted by molar-refractivity contribution is 5.77. The molecule has 2 rings (SSSR count). The quantitative estimate of drug-likeness (QED) is 0.905. The van der Waals surface area contributed by atoms with Gasteiger partial charge in [0.05, 0.1) is 11.3 Å². The standard InChI is InChI=1S/C17H22F3N3/c1-4-14(17(18,19)20)16-15(22-5-6-23-16)11(3)12-7-10(2)8-13(21)9-12/h4-6,10,12-13H,3,7-9,21H2,1-2H3/b14-4+/t10-,12-,13-/m0/s1. The molecule has 3 atom stereocenters. The second-order valence-corrected chi connectivity index (χ2v) is 6.25. The Balaban J connectivity index is 2.39. The molecule has 0 radical (unpaired) electrons. The minimum Gasteiger partial charge on any atom is -0.328 e. The Hall–Kier alpha value is -1.69. The Kier molecular flexibility index (Phi) is 5.24. The van der Waals surface area contributed by atoms with E-state index in [1.165, 1.54) is 19.3 Å². The van der Waals surface area contributed by atoms with E-state index >= 15 is 0 Å². The first-order valence-corrected chi connectivity index (χ1v) is 7.73. The van der Waals surface area contributed by atoms with Gasteiger partial charge in [-0.1, -0.05) is 19.6 Å². The molecule has 0 amide bonds. The third kappa shape index (κ3) is 3.99. The highest BCUT2D eigenvalue weighted by Crippen LogP contribution is 2.40. The summed E-state index contributed by atoms with van der Waals surface area (Å²) in [5, 5.41) is 0. The van der Waals surface area contributed by atoms with Gasteiger partial charge in [-0.05, 0) is 43.6 Å². The van der Waals surface area contributed by atoms with Gasteiger partial charge in [0, 0.05) is 18.4 Å². The van der Waals surface area contributed by atoms with E-state index in [9.17, 15) is 13.2 Å².